The largest absolute Gasteiger partial charge is 0.473 e. The van der Waals surface area contributed by atoms with E-state index < -0.39 is 11.9 Å². The lowest BCUT2D eigenvalue weighted by molar-refractivity contribution is -0.159. The Morgan fingerprint density at radius 2 is 1.21 bits per heavy atom. The molecule has 0 unspecified atom stereocenters. The zero-order chi connectivity index (χ0) is 21.4. The van der Waals surface area contributed by atoms with Gasteiger partial charge in [-0.3, -0.25) is 9.69 Å². The van der Waals surface area contributed by atoms with E-state index in [0.29, 0.717) is 18.7 Å². The summed E-state index contributed by atoms with van der Waals surface area (Å²) < 4.78 is 25.8. The summed E-state index contributed by atoms with van der Waals surface area (Å²) in [7, 11) is 0. The second kappa shape index (κ2) is 10.3. The molecule has 1 saturated heterocycles. The summed E-state index contributed by atoms with van der Waals surface area (Å²) in [5.41, 5.74) is 1.57. The molecule has 0 spiro atoms. The Labute approximate surface area is 165 Å². The quantitative estimate of drug-likeness (QED) is 0.758. The maximum Gasteiger partial charge on any atom is 0.414 e. The van der Waals surface area contributed by atoms with E-state index in [0.717, 1.165) is 25.2 Å². The van der Waals surface area contributed by atoms with Gasteiger partial charge in [-0.2, -0.15) is 0 Å². The third kappa shape index (κ3) is 6.96. The van der Waals surface area contributed by atoms with Crippen LogP contribution in [0.5, 0.6) is 0 Å². The summed E-state index contributed by atoms with van der Waals surface area (Å²) in [5, 5.41) is 14.8. The van der Waals surface area contributed by atoms with Crippen molar-refractivity contribution >= 4 is 17.8 Å². The van der Waals surface area contributed by atoms with Crippen LogP contribution >= 0.6 is 0 Å². The van der Waals surface area contributed by atoms with Crippen LogP contribution in [0.2, 0.25) is 0 Å². The Morgan fingerprint density at radius 1 is 0.759 bits per heavy atom. The van der Waals surface area contributed by atoms with Crippen LogP contribution in [0.25, 0.3) is 0 Å². The van der Waals surface area contributed by atoms with Gasteiger partial charge in [0, 0.05) is 38.3 Å². The zero-order valence-corrected chi connectivity index (χ0v) is 15.4. The molecule has 0 radical (unpaired) electrons. The van der Waals surface area contributed by atoms with Crippen LogP contribution < -0.4 is 0 Å². The normalized spacial score (nSPS) is 13.9. The van der Waals surface area contributed by atoms with Gasteiger partial charge in [-0.25, -0.2) is 18.4 Å². The van der Waals surface area contributed by atoms with Gasteiger partial charge in [-0.15, -0.1) is 0 Å². The van der Waals surface area contributed by atoms with E-state index in [1.165, 1.54) is 36.4 Å². The number of carbonyl (C=O) groups excluding carboxylic acids is 1. The maximum atomic E-state index is 12.9. The number of hydrogen-bond donors (Lipinski definition) is 2. The Balaban J connectivity index is 0.000000438. The smallest absolute Gasteiger partial charge is 0.414 e. The number of carboxylic acid groups (broad SMARTS) is 2. The van der Waals surface area contributed by atoms with Crippen molar-refractivity contribution in [1.82, 2.24) is 9.80 Å². The molecular formula is C20H20F2N2O5. The third-order valence-corrected chi connectivity index (χ3v) is 4.25. The highest BCUT2D eigenvalue weighted by molar-refractivity contribution is 6.27. The van der Waals surface area contributed by atoms with Crippen LogP contribution in [0.1, 0.15) is 15.9 Å². The lowest BCUT2D eigenvalue weighted by atomic mass is 10.1. The third-order valence-electron chi connectivity index (χ3n) is 4.25. The molecule has 1 heterocycles. The first-order valence-corrected chi connectivity index (χ1v) is 8.74. The van der Waals surface area contributed by atoms with Crippen molar-refractivity contribution in [3.05, 3.63) is 71.3 Å². The van der Waals surface area contributed by atoms with Gasteiger partial charge in [0.1, 0.15) is 11.6 Å². The highest BCUT2D eigenvalue weighted by atomic mass is 19.1. The number of benzene rings is 2. The van der Waals surface area contributed by atoms with E-state index >= 15 is 0 Å². The molecule has 1 amide bonds. The Hall–Kier alpha value is -3.33. The van der Waals surface area contributed by atoms with E-state index in [4.69, 9.17) is 19.8 Å². The first-order valence-electron chi connectivity index (χ1n) is 8.74. The molecule has 1 aliphatic rings. The molecule has 7 nitrogen and oxygen atoms in total. The molecule has 3 rings (SSSR count). The van der Waals surface area contributed by atoms with Gasteiger partial charge in [0.2, 0.25) is 0 Å². The Kier molecular flexibility index (Phi) is 7.79. The van der Waals surface area contributed by atoms with Crippen molar-refractivity contribution in [1.29, 1.82) is 0 Å². The van der Waals surface area contributed by atoms with Gasteiger partial charge in [-0.05, 0) is 42.0 Å². The van der Waals surface area contributed by atoms with E-state index in [9.17, 15) is 13.6 Å². The van der Waals surface area contributed by atoms with Crippen LogP contribution in [0, 0.1) is 11.6 Å². The molecule has 9 heteroatoms. The standard InChI is InChI=1S/C18H18F2N2O.C2H2O4/c19-16-5-1-14(2-6-16)13-21-9-11-22(12-10-21)18(23)15-3-7-17(20)8-4-15;3-1(4)2(5)6/h1-8H,9-13H2;(H,3,4)(H,5,6). The number of carboxylic acids is 2. The average Bonchev–Trinajstić information content (AvgIpc) is 2.71. The Morgan fingerprint density at radius 3 is 1.66 bits per heavy atom. The molecule has 0 bridgehead atoms. The summed E-state index contributed by atoms with van der Waals surface area (Å²) in [6, 6.07) is 12.1. The summed E-state index contributed by atoms with van der Waals surface area (Å²) in [6.45, 7) is 3.56. The van der Waals surface area contributed by atoms with E-state index in [1.807, 2.05) is 0 Å². The van der Waals surface area contributed by atoms with Gasteiger partial charge >= 0.3 is 11.9 Å². The maximum absolute atomic E-state index is 12.9. The number of amides is 1. The first kappa shape index (κ1) is 22.0. The molecule has 154 valence electrons. The molecule has 2 aromatic rings. The minimum atomic E-state index is -1.82. The van der Waals surface area contributed by atoms with Gasteiger partial charge < -0.3 is 15.1 Å². The predicted octanol–water partition coefficient (Wildman–Crippen LogP) is 2.08. The predicted molar refractivity (Wildman–Crippen MR) is 99.3 cm³/mol. The number of hydrogen-bond acceptors (Lipinski definition) is 4. The van der Waals surface area contributed by atoms with Crippen molar-refractivity contribution in [2.45, 2.75) is 6.54 Å². The van der Waals surface area contributed by atoms with Crippen LogP contribution in [0.4, 0.5) is 8.78 Å². The molecule has 1 aliphatic heterocycles. The SMILES string of the molecule is O=C(O)C(=O)O.O=C(c1ccc(F)cc1)N1CCN(Cc2ccc(F)cc2)CC1. The van der Waals surface area contributed by atoms with Crippen molar-refractivity contribution in [3.63, 3.8) is 0 Å². The minimum Gasteiger partial charge on any atom is -0.473 e. The van der Waals surface area contributed by atoms with Gasteiger partial charge in [0.25, 0.3) is 5.91 Å². The molecule has 2 N–H and O–H groups in total. The molecule has 2 aromatic carbocycles. The summed E-state index contributed by atoms with van der Waals surface area (Å²) in [6.07, 6.45) is 0. The lowest BCUT2D eigenvalue weighted by Gasteiger charge is -2.34. The highest BCUT2D eigenvalue weighted by Gasteiger charge is 2.22. The fourth-order valence-electron chi connectivity index (χ4n) is 2.73. The Bertz CT molecular complexity index is 836. The van der Waals surface area contributed by atoms with Crippen LogP contribution in [0.3, 0.4) is 0 Å². The fraction of sp³-hybridized carbons (Fsp3) is 0.250. The first-order chi connectivity index (χ1) is 13.8. The molecule has 1 fully saturated rings. The summed E-state index contributed by atoms with van der Waals surface area (Å²) in [4.78, 5) is 34.6. The van der Waals surface area contributed by atoms with Crippen molar-refractivity contribution in [3.8, 4) is 0 Å². The molecular weight excluding hydrogens is 386 g/mol. The molecule has 0 atom stereocenters. The minimum absolute atomic E-state index is 0.0635. The van der Waals surface area contributed by atoms with E-state index in [1.54, 1.807) is 17.0 Å². The van der Waals surface area contributed by atoms with Gasteiger partial charge in [0.05, 0.1) is 0 Å². The number of rotatable bonds is 3. The number of halogens is 2. The lowest BCUT2D eigenvalue weighted by Crippen LogP contribution is -2.48. The number of carbonyl (C=O) groups is 3. The zero-order valence-electron chi connectivity index (χ0n) is 15.4. The summed E-state index contributed by atoms with van der Waals surface area (Å²) in [5.74, 6) is -4.29. The fourth-order valence-corrected chi connectivity index (χ4v) is 2.73. The number of aliphatic carboxylic acids is 2. The van der Waals surface area contributed by atoms with Crippen molar-refractivity contribution in [2.75, 3.05) is 26.2 Å². The molecule has 0 aromatic heterocycles. The number of nitrogens with zero attached hydrogens (tertiary/aromatic N) is 2. The van der Waals surface area contributed by atoms with Crippen LogP contribution in [-0.4, -0.2) is 64.0 Å². The summed E-state index contributed by atoms with van der Waals surface area (Å²) >= 11 is 0. The second-order valence-corrected chi connectivity index (χ2v) is 6.31. The number of piperazine rings is 1. The monoisotopic (exact) mass is 406 g/mol. The van der Waals surface area contributed by atoms with Crippen LogP contribution in [0.15, 0.2) is 48.5 Å². The van der Waals surface area contributed by atoms with E-state index in [2.05, 4.69) is 4.90 Å². The van der Waals surface area contributed by atoms with Gasteiger partial charge in [0.15, 0.2) is 0 Å². The topological polar surface area (TPSA) is 98.1 Å². The highest BCUT2D eigenvalue weighted by Crippen LogP contribution is 2.12. The molecule has 29 heavy (non-hydrogen) atoms. The van der Waals surface area contributed by atoms with Crippen molar-refractivity contribution < 1.29 is 33.4 Å². The van der Waals surface area contributed by atoms with Crippen LogP contribution in [-0.2, 0) is 16.1 Å². The molecule has 0 saturated carbocycles. The average molecular weight is 406 g/mol. The second-order valence-electron chi connectivity index (χ2n) is 6.31. The van der Waals surface area contributed by atoms with E-state index in [-0.39, 0.29) is 17.5 Å². The van der Waals surface area contributed by atoms with Crippen molar-refractivity contribution in [2.24, 2.45) is 0 Å². The van der Waals surface area contributed by atoms with Gasteiger partial charge in [-0.1, -0.05) is 12.1 Å². The molecule has 0 aliphatic carbocycles.